The van der Waals surface area contributed by atoms with Crippen molar-refractivity contribution in [2.45, 2.75) is 103 Å². The minimum Gasteiger partial charge on any atom is -0.423 e. The van der Waals surface area contributed by atoms with E-state index in [0.29, 0.717) is 11.1 Å². The van der Waals surface area contributed by atoms with Crippen LogP contribution in [0, 0.1) is 23.2 Å². The van der Waals surface area contributed by atoms with Gasteiger partial charge in [-0.15, -0.1) is 0 Å². The molecule has 4 saturated carbocycles. The van der Waals surface area contributed by atoms with Crippen molar-refractivity contribution < 1.29 is 8.85 Å². The summed E-state index contributed by atoms with van der Waals surface area (Å²) in [7, 11) is -4.60. The van der Waals surface area contributed by atoms with Gasteiger partial charge >= 0.3 is 0 Å². The molecule has 0 aliphatic heterocycles. The smallest absolute Gasteiger partial charge is 0.194 e. The van der Waals surface area contributed by atoms with E-state index in [1.807, 2.05) is 0 Å². The first kappa shape index (κ1) is 22.5. The van der Waals surface area contributed by atoms with Crippen molar-refractivity contribution in [2.75, 3.05) is 7.11 Å². The van der Waals surface area contributed by atoms with Crippen molar-refractivity contribution in [1.29, 1.82) is 0 Å². The van der Waals surface area contributed by atoms with E-state index in [1.165, 1.54) is 38.5 Å². The molecular formula is C21H46O2Si4. The molecule has 0 N–H and O–H groups in total. The van der Waals surface area contributed by atoms with Gasteiger partial charge in [0, 0.05) is 7.11 Å². The highest BCUT2D eigenvalue weighted by Gasteiger charge is 2.69. The second-order valence-corrected chi connectivity index (χ2v) is 44.2. The Hall–Kier alpha value is 0.788. The van der Waals surface area contributed by atoms with Crippen LogP contribution < -0.4 is 0 Å². The summed E-state index contributed by atoms with van der Waals surface area (Å²) in [6.45, 7) is 22.9. The van der Waals surface area contributed by atoms with Crippen molar-refractivity contribution in [3.8, 4) is 0 Å². The number of hydrogen-bond acceptors (Lipinski definition) is 2. The topological polar surface area (TPSA) is 18.5 Å². The van der Waals surface area contributed by atoms with E-state index in [1.54, 1.807) is 0 Å². The van der Waals surface area contributed by atoms with Gasteiger partial charge in [-0.25, -0.2) is 0 Å². The average Bonchev–Trinajstić information content (AvgIpc) is 2.41. The van der Waals surface area contributed by atoms with Crippen LogP contribution in [0.1, 0.15) is 38.5 Å². The van der Waals surface area contributed by atoms with Crippen LogP contribution >= 0.6 is 0 Å². The summed E-state index contributed by atoms with van der Waals surface area (Å²) >= 11 is 0. The van der Waals surface area contributed by atoms with Crippen LogP contribution in [0.25, 0.3) is 0 Å². The Kier molecular flexibility index (Phi) is 5.75. The molecule has 0 heterocycles. The fourth-order valence-electron chi connectivity index (χ4n) is 8.12. The highest BCUT2D eigenvalue weighted by Crippen LogP contribution is 2.64. The van der Waals surface area contributed by atoms with E-state index in [-0.39, 0.29) is 0 Å². The molecule has 0 aromatic rings. The van der Waals surface area contributed by atoms with E-state index in [2.05, 4.69) is 66.0 Å². The third kappa shape index (κ3) is 3.80. The van der Waals surface area contributed by atoms with Crippen molar-refractivity contribution in [3.63, 3.8) is 0 Å². The maximum absolute atomic E-state index is 7.38. The normalized spacial score (nSPS) is 35.6. The zero-order valence-electron chi connectivity index (χ0n) is 19.9. The number of hydrogen-bond donors (Lipinski definition) is 0. The first-order chi connectivity index (χ1) is 12.1. The van der Waals surface area contributed by atoms with Crippen molar-refractivity contribution >= 4 is 30.9 Å². The molecule has 4 aliphatic rings. The third-order valence-corrected chi connectivity index (χ3v) is 45.4. The van der Waals surface area contributed by atoms with Gasteiger partial charge < -0.3 is 8.85 Å². The largest absolute Gasteiger partial charge is 0.423 e. The van der Waals surface area contributed by atoms with Gasteiger partial charge in [0.25, 0.3) is 0 Å². The quantitative estimate of drug-likeness (QED) is 0.425. The first-order valence-electron chi connectivity index (χ1n) is 11.4. The summed E-state index contributed by atoms with van der Waals surface area (Å²) in [5.41, 5.74) is 0.895. The van der Waals surface area contributed by atoms with Gasteiger partial charge in [-0.1, -0.05) is 39.3 Å². The molecule has 0 spiro atoms. The number of rotatable bonds is 7. The van der Waals surface area contributed by atoms with Crippen molar-refractivity contribution in [1.82, 2.24) is 0 Å². The summed E-state index contributed by atoms with van der Waals surface area (Å²) in [5.74, 6) is 2.95. The van der Waals surface area contributed by atoms with Crippen LogP contribution in [0.5, 0.6) is 0 Å². The van der Waals surface area contributed by atoms with Crippen LogP contribution in [-0.4, -0.2) is 43.7 Å². The highest BCUT2D eigenvalue weighted by atomic mass is 29.7. The molecular weight excluding hydrogens is 397 g/mol. The summed E-state index contributed by atoms with van der Waals surface area (Å²) in [6.07, 6.45) is 8.88. The van der Waals surface area contributed by atoms with E-state index < -0.39 is 30.9 Å². The Labute approximate surface area is 173 Å². The predicted molar refractivity (Wildman–Crippen MR) is 128 cm³/mol. The summed E-state index contributed by atoms with van der Waals surface area (Å²) in [5, 5.41) is 0. The lowest BCUT2D eigenvalue weighted by Gasteiger charge is -2.65. The predicted octanol–water partition coefficient (Wildman–Crippen LogP) is 6.39. The fraction of sp³-hybridized carbons (Fsp3) is 1.00. The van der Waals surface area contributed by atoms with Gasteiger partial charge in [0.2, 0.25) is 0 Å². The summed E-state index contributed by atoms with van der Waals surface area (Å²) < 4.78 is 14.3. The summed E-state index contributed by atoms with van der Waals surface area (Å²) in [4.78, 5) is 0. The van der Waals surface area contributed by atoms with Crippen LogP contribution in [-0.2, 0) is 8.85 Å². The zero-order valence-corrected chi connectivity index (χ0v) is 23.9. The first-order valence-corrected chi connectivity index (χ1v) is 25.8. The second-order valence-electron chi connectivity index (χ2n) is 13.3. The zero-order chi connectivity index (χ0) is 20.5. The molecule has 0 aromatic heterocycles. The molecule has 27 heavy (non-hydrogen) atoms. The van der Waals surface area contributed by atoms with Gasteiger partial charge in [0.1, 0.15) is 0 Å². The molecule has 0 unspecified atom stereocenters. The van der Waals surface area contributed by atoms with Crippen molar-refractivity contribution in [3.05, 3.63) is 0 Å². The maximum atomic E-state index is 7.38. The molecule has 4 fully saturated rings. The molecule has 4 rings (SSSR count). The molecule has 2 nitrogen and oxygen atoms in total. The fourth-order valence-corrected chi connectivity index (χ4v) is 55.6. The van der Waals surface area contributed by atoms with E-state index in [0.717, 1.165) is 17.8 Å². The molecule has 1 atom stereocenters. The Morgan fingerprint density at radius 2 is 1.07 bits per heavy atom. The molecule has 4 bridgehead atoms. The highest BCUT2D eigenvalue weighted by molar-refractivity contribution is 7.67. The van der Waals surface area contributed by atoms with Gasteiger partial charge in [-0.05, 0) is 81.3 Å². The standard InChI is InChI=1S/C21H46O2Si4/c1-22-27(25(5,6)7,26(8,9)10)20(23-24(2,3)4)21-14-17-11-18(15-21)13-19(12-17)16-21/h17-20H,11-16H2,1-10H3/t17?,18?,19?,20-,21?/m0/s1. The van der Waals surface area contributed by atoms with Crippen molar-refractivity contribution in [2.24, 2.45) is 23.2 Å². The van der Waals surface area contributed by atoms with E-state index in [9.17, 15) is 0 Å². The van der Waals surface area contributed by atoms with E-state index in [4.69, 9.17) is 8.85 Å². The maximum Gasteiger partial charge on any atom is 0.194 e. The van der Waals surface area contributed by atoms with Crippen LogP contribution in [0.15, 0.2) is 0 Å². The van der Waals surface area contributed by atoms with E-state index >= 15 is 0 Å². The molecule has 0 amide bonds. The Balaban J connectivity index is 2.16. The van der Waals surface area contributed by atoms with Gasteiger partial charge in [-0.2, -0.15) is 0 Å². The minimum absolute atomic E-state index is 0.442. The molecule has 6 heteroatoms. The Morgan fingerprint density at radius 3 is 1.33 bits per heavy atom. The lowest BCUT2D eigenvalue weighted by molar-refractivity contribution is -0.0944. The minimum atomic E-state index is -2.01. The van der Waals surface area contributed by atoms with Crippen LogP contribution in [0.4, 0.5) is 0 Å². The van der Waals surface area contributed by atoms with Gasteiger partial charge in [-0.3, -0.25) is 0 Å². The molecule has 4 aliphatic carbocycles. The molecule has 0 aromatic carbocycles. The molecule has 0 radical (unpaired) electrons. The van der Waals surface area contributed by atoms with Gasteiger partial charge in [0.05, 0.1) is 20.9 Å². The van der Waals surface area contributed by atoms with Crippen LogP contribution in [0.3, 0.4) is 0 Å². The SMILES string of the molecule is CO[Si]([C@H](O[Si](C)(C)C)C12CC3CC(CC(C3)C1)C2)([Si](C)(C)C)[Si](C)(C)C. The lowest BCUT2D eigenvalue weighted by atomic mass is 9.50. The molecule has 158 valence electrons. The van der Waals surface area contributed by atoms with Gasteiger partial charge in [0.15, 0.2) is 15.7 Å². The average molecular weight is 443 g/mol. The second kappa shape index (κ2) is 6.91. The molecule has 0 saturated heterocycles. The third-order valence-electron chi connectivity index (χ3n) is 8.03. The summed E-state index contributed by atoms with van der Waals surface area (Å²) in [6, 6.07) is 0. The van der Waals surface area contributed by atoms with Crippen LogP contribution in [0.2, 0.25) is 58.9 Å². The Morgan fingerprint density at radius 1 is 0.704 bits per heavy atom. The Bertz CT molecular complexity index is 507. The monoisotopic (exact) mass is 442 g/mol. The lowest BCUT2D eigenvalue weighted by Crippen LogP contribution is -2.83.